The number of carboxylic acids is 1. The third-order valence-electron chi connectivity index (χ3n) is 2.47. The normalized spacial score (nSPS) is 11.4. The second-order valence-electron chi connectivity index (χ2n) is 3.86. The third kappa shape index (κ3) is 4.41. The number of ether oxygens (including phenoxy) is 1. The van der Waals surface area contributed by atoms with Gasteiger partial charge in [-0.1, -0.05) is 18.2 Å². The number of rotatable bonds is 6. The van der Waals surface area contributed by atoms with Gasteiger partial charge in [0.15, 0.2) is 0 Å². The first-order valence-electron chi connectivity index (χ1n) is 5.57. The summed E-state index contributed by atoms with van der Waals surface area (Å²) >= 11 is 0. The van der Waals surface area contributed by atoms with E-state index in [1.54, 1.807) is 24.3 Å². The monoisotopic (exact) mass is 262 g/mol. The molecule has 0 saturated heterocycles. The van der Waals surface area contributed by atoms with Crippen LogP contribution >= 0.6 is 0 Å². The Morgan fingerprint density at radius 1 is 1.47 bits per heavy atom. The van der Waals surface area contributed by atoms with Crippen LogP contribution in [0.3, 0.4) is 0 Å². The van der Waals surface area contributed by atoms with Crippen LogP contribution in [0.4, 0.5) is 0 Å². The Labute approximate surface area is 110 Å². The van der Waals surface area contributed by atoms with Crippen molar-refractivity contribution in [3.63, 3.8) is 0 Å². The topological polar surface area (TPSA) is 99.4 Å². The zero-order chi connectivity index (χ0) is 14.3. The molecule has 0 aliphatic heterocycles. The maximum atomic E-state index is 11.3. The highest BCUT2D eigenvalue weighted by Gasteiger charge is 2.21. The van der Waals surface area contributed by atoms with Crippen molar-refractivity contribution in [3.05, 3.63) is 35.4 Å². The molecule has 2 N–H and O–H groups in total. The molecule has 0 heterocycles. The van der Waals surface area contributed by atoms with Gasteiger partial charge in [0.05, 0.1) is 11.6 Å². The fourth-order valence-electron chi connectivity index (χ4n) is 1.59. The maximum Gasteiger partial charge on any atom is 0.326 e. The van der Waals surface area contributed by atoms with Gasteiger partial charge in [0, 0.05) is 13.5 Å². The maximum absolute atomic E-state index is 11.3. The number of aliphatic carboxylic acids is 1. The standard InChI is InChI=1S/C13H14N2O4/c1-19-8-12(16)15-11(13(17)18)6-9-4-2-3-5-10(9)7-14/h2-5,11H,6,8H2,1H3,(H,15,16)(H,17,18)/t11-/m0/s1. The zero-order valence-corrected chi connectivity index (χ0v) is 10.4. The molecule has 6 nitrogen and oxygen atoms in total. The molecule has 0 fully saturated rings. The smallest absolute Gasteiger partial charge is 0.326 e. The molecule has 100 valence electrons. The molecule has 0 bridgehead atoms. The van der Waals surface area contributed by atoms with Crippen LogP contribution in [0.2, 0.25) is 0 Å². The second-order valence-corrected chi connectivity index (χ2v) is 3.86. The van der Waals surface area contributed by atoms with Crippen LogP contribution in [-0.2, 0) is 20.7 Å². The van der Waals surface area contributed by atoms with Gasteiger partial charge in [0.25, 0.3) is 0 Å². The van der Waals surface area contributed by atoms with E-state index in [2.05, 4.69) is 10.1 Å². The number of nitrogens with zero attached hydrogens (tertiary/aromatic N) is 1. The van der Waals surface area contributed by atoms with E-state index < -0.39 is 17.9 Å². The van der Waals surface area contributed by atoms with Gasteiger partial charge in [-0.25, -0.2) is 4.79 Å². The lowest BCUT2D eigenvalue weighted by Gasteiger charge is -2.15. The number of amides is 1. The molecule has 0 radical (unpaired) electrons. The van der Waals surface area contributed by atoms with Crippen LogP contribution in [0.25, 0.3) is 0 Å². The minimum Gasteiger partial charge on any atom is -0.480 e. The van der Waals surface area contributed by atoms with Crippen LogP contribution in [-0.4, -0.2) is 36.7 Å². The van der Waals surface area contributed by atoms with E-state index in [4.69, 9.17) is 10.4 Å². The summed E-state index contributed by atoms with van der Waals surface area (Å²) in [5.41, 5.74) is 0.977. The average molecular weight is 262 g/mol. The Bertz CT molecular complexity index is 508. The lowest BCUT2D eigenvalue weighted by molar-refractivity contribution is -0.142. The van der Waals surface area contributed by atoms with Crippen molar-refractivity contribution in [1.29, 1.82) is 5.26 Å². The van der Waals surface area contributed by atoms with E-state index in [-0.39, 0.29) is 13.0 Å². The predicted molar refractivity (Wildman–Crippen MR) is 66.3 cm³/mol. The Morgan fingerprint density at radius 3 is 2.74 bits per heavy atom. The highest BCUT2D eigenvalue weighted by molar-refractivity contribution is 5.84. The van der Waals surface area contributed by atoms with Crippen LogP contribution in [0.1, 0.15) is 11.1 Å². The number of nitrogens with one attached hydrogen (secondary N) is 1. The summed E-state index contributed by atoms with van der Waals surface area (Å²) in [7, 11) is 1.35. The molecular weight excluding hydrogens is 248 g/mol. The molecule has 19 heavy (non-hydrogen) atoms. The minimum atomic E-state index is -1.16. The average Bonchev–Trinajstić information content (AvgIpc) is 2.38. The number of carboxylic acid groups (broad SMARTS) is 1. The van der Waals surface area contributed by atoms with E-state index >= 15 is 0 Å². The molecular formula is C13H14N2O4. The van der Waals surface area contributed by atoms with Crippen molar-refractivity contribution in [2.24, 2.45) is 0 Å². The summed E-state index contributed by atoms with van der Waals surface area (Å²) in [6.07, 6.45) is 0.0501. The quantitative estimate of drug-likeness (QED) is 0.769. The Hall–Kier alpha value is -2.39. The van der Waals surface area contributed by atoms with E-state index in [9.17, 15) is 9.59 Å². The zero-order valence-electron chi connectivity index (χ0n) is 10.4. The number of nitriles is 1. The molecule has 1 atom stereocenters. The summed E-state index contributed by atoms with van der Waals surface area (Å²) < 4.78 is 4.62. The van der Waals surface area contributed by atoms with Gasteiger partial charge in [-0.2, -0.15) is 5.26 Å². The number of carbonyl (C=O) groups is 2. The van der Waals surface area contributed by atoms with E-state index in [0.29, 0.717) is 11.1 Å². The molecule has 0 aromatic heterocycles. The van der Waals surface area contributed by atoms with Crippen molar-refractivity contribution < 1.29 is 19.4 Å². The molecule has 0 aliphatic rings. The van der Waals surface area contributed by atoms with Crippen LogP contribution in [0.15, 0.2) is 24.3 Å². The molecule has 6 heteroatoms. The summed E-state index contributed by atoms with van der Waals surface area (Å²) in [6, 6.07) is 7.58. The van der Waals surface area contributed by atoms with Gasteiger partial charge in [-0.15, -0.1) is 0 Å². The van der Waals surface area contributed by atoms with Crippen molar-refractivity contribution in [3.8, 4) is 6.07 Å². The first kappa shape index (κ1) is 14.7. The summed E-state index contributed by atoms with van der Waals surface area (Å²) in [5, 5.41) is 20.4. The van der Waals surface area contributed by atoms with Gasteiger partial charge in [0.1, 0.15) is 12.6 Å². The van der Waals surface area contributed by atoms with Crippen LogP contribution in [0, 0.1) is 11.3 Å². The Balaban J connectivity index is 2.82. The van der Waals surface area contributed by atoms with Gasteiger partial charge >= 0.3 is 5.97 Å². The summed E-state index contributed by atoms with van der Waals surface area (Å²) in [5.74, 6) is -1.67. The highest BCUT2D eigenvalue weighted by atomic mass is 16.5. The molecule has 0 spiro atoms. The number of hydrogen-bond acceptors (Lipinski definition) is 4. The van der Waals surface area contributed by atoms with Crippen molar-refractivity contribution in [2.45, 2.75) is 12.5 Å². The minimum absolute atomic E-state index is 0.0501. The fourth-order valence-corrected chi connectivity index (χ4v) is 1.59. The van der Waals surface area contributed by atoms with Crippen molar-refractivity contribution in [1.82, 2.24) is 5.32 Å². The van der Waals surface area contributed by atoms with Gasteiger partial charge in [-0.05, 0) is 11.6 Å². The lowest BCUT2D eigenvalue weighted by Crippen LogP contribution is -2.43. The highest BCUT2D eigenvalue weighted by Crippen LogP contribution is 2.10. The lowest BCUT2D eigenvalue weighted by atomic mass is 10.0. The molecule has 0 unspecified atom stereocenters. The third-order valence-corrected chi connectivity index (χ3v) is 2.47. The first-order chi connectivity index (χ1) is 9.08. The van der Waals surface area contributed by atoms with Crippen LogP contribution < -0.4 is 5.32 Å². The molecule has 1 aromatic rings. The molecule has 1 amide bonds. The summed E-state index contributed by atoms with van der Waals surface area (Å²) in [6.45, 7) is -0.205. The summed E-state index contributed by atoms with van der Waals surface area (Å²) in [4.78, 5) is 22.4. The number of hydrogen-bond donors (Lipinski definition) is 2. The number of methoxy groups -OCH3 is 1. The van der Waals surface area contributed by atoms with Gasteiger partial charge < -0.3 is 15.2 Å². The number of carbonyl (C=O) groups excluding carboxylic acids is 1. The molecule has 1 rings (SSSR count). The van der Waals surface area contributed by atoms with E-state index in [0.717, 1.165) is 0 Å². The van der Waals surface area contributed by atoms with Crippen molar-refractivity contribution >= 4 is 11.9 Å². The Kier molecular flexibility index (Phi) is 5.51. The van der Waals surface area contributed by atoms with E-state index in [1.165, 1.54) is 7.11 Å². The number of benzene rings is 1. The largest absolute Gasteiger partial charge is 0.480 e. The van der Waals surface area contributed by atoms with E-state index in [1.807, 2.05) is 6.07 Å². The Morgan fingerprint density at radius 2 is 2.16 bits per heavy atom. The molecule has 1 aromatic carbocycles. The van der Waals surface area contributed by atoms with Gasteiger partial charge in [-0.3, -0.25) is 4.79 Å². The van der Waals surface area contributed by atoms with Gasteiger partial charge in [0.2, 0.25) is 5.91 Å². The SMILES string of the molecule is COCC(=O)N[C@@H](Cc1ccccc1C#N)C(=O)O. The second kappa shape index (κ2) is 7.13. The molecule has 0 saturated carbocycles. The predicted octanol–water partition coefficient (Wildman–Crippen LogP) is 0.317. The first-order valence-corrected chi connectivity index (χ1v) is 5.57. The fraction of sp³-hybridized carbons (Fsp3) is 0.308. The van der Waals surface area contributed by atoms with Crippen LogP contribution in [0.5, 0.6) is 0 Å². The van der Waals surface area contributed by atoms with Crippen molar-refractivity contribution in [2.75, 3.05) is 13.7 Å². The molecule has 0 aliphatic carbocycles.